The quantitative estimate of drug-likeness (QED) is 0.605. The highest BCUT2D eigenvalue weighted by atomic mass is 35.5. The van der Waals surface area contributed by atoms with Gasteiger partial charge < -0.3 is 4.65 Å². The maximum Gasteiger partial charge on any atom is 0.362 e. The van der Waals surface area contributed by atoms with E-state index in [1.165, 1.54) is 0 Å². The van der Waals surface area contributed by atoms with Crippen LogP contribution in [-0.4, -0.2) is 12.0 Å². The standard InChI is InChI=1S/C15H16BClO/c1-15(2,17)18-16(13-9-5-3-6-10-13)14-11-7-4-8-12-14/h3-12H,1-2H3. The highest BCUT2D eigenvalue weighted by Crippen LogP contribution is 2.15. The zero-order valence-electron chi connectivity index (χ0n) is 10.6. The van der Waals surface area contributed by atoms with Gasteiger partial charge in [-0.2, -0.15) is 0 Å². The molecule has 2 aromatic rings. The van der Waals surface area contributed by atoms with Gasteiger partial charge in [0, 0.05) is 0 Å². The van der Waals surface area contributed by atoms with Gasteiger partial charge in [0.05, 0.1) is 0 Å². The first-order valence-electron chi connectivity index (χ1n) is 6.03. The fraction of sp³-hybridized carbons (Fsp3) is 0.200. The molecule has 2 rings (SSSR count). The summed E-state index contributed by atoms with van der Waals surface area (Å²) in [6.07, 6.45) is 0. The molecule has 92 valence electrons. The number of hydrogen-bond acceptors (Lipinski definition) is 1. The summed E-state index contributed by atoms with van der Waals surface area (Å²) in [7, 11) is 0. The molecule has 0 aromatic heterocycles. The van der Waals surface area contributed by atoms with Crippen LogP contribution in [0.25, 0.3) is 0 Å². The van der Waals surface area contributed by atoms with Crippen molar-refractivity contribution >= 4 is 29.4 Å². The molecule has 0 fully saturated rings. The first kappa shape index (κ1) is 13.2. The first-order chi connectivity index (χ1) is 8.56. The van der Waals surface area contributed by atoms with Crippen molar-refractivity contribution in [3.8, 4) is 0 Å². The fourth-order valence-electron chi connectivity index (χ4n) is 1.86. The third kappa shape index (κ3) is 3.62. The Morgan fingerprint density at radius 3 is 1.56 bits per heavy atom. The second-order valence-corrected chi connectivity index (χ2v) is 5.59. The van der Waals surface area contributed by atoms with E-state index in [4.69, 9.17) is 16.3 Å². The van der Waals surface area contributed by atoms with Gasteiger partial charge in [-0.15, -0.1) is 0 Å². The van der Waals surface area contributed by atoms with E-state index in [1.807, 2.05) is 50.2 Å². The number of hydrogen-bond donors (Lipinski definition) is 0. The van der Waals surface area contributed by atoms with E-state index in [9.17, 15) is 0 Å². The van der Waals surface area contributed by atoms with Crippen molar-refractivity contribution < 1.29 is 4.65 Å². The van der Waals surface area contributed by atoms with Gasteiger partial charge >= 0.3 is 6.92 Å². The van der Waals surface area contributed by atoms with Gasteiger partial charge in [-0.1, -0.05) is 72.3 Å². The monoisotopic (exact) mass is 258 g/mol. The lowest BCUT2D eigenvalue weighted by Crippen LogP contribution is -2.48. The van der Waals surface area contributed by atoms with E-state index < -0.39 is 5.06 Å². The molecule has 0 radical (unpaired) electrons. The molecule has 0 amide bonds. The molecule has 0 saturated carbocycles. The van der Waals surface area contributed by atoms with Gasteiger partial charge in [0.25, 0.3) is 0 Å². The molecule has 18 heavy (non-hydrogen) atoms. The first-order valence-corrected chi connectivity index (χ1v) is 6.41. The van der Waals surface area contributed by atoms with E-state index in [0.29, 0.717) is 0 Å². The molecule has 0 heterocycles. The van der Waals surface area contributed by atoms with E-state index in [2.05, 4.69) is 24.3 Å². The van der Waals surface area contributed by atoms with Crippen LogP contribution >= 0.6 is 11.6 Å². The second kappa shape index (κ2) is 5.60. The van der Waals surface area contributed by atoms with Crippen molar-refractivity contribution in [3.63, 3.8) is 0 Å². The fourth-order valence-corrected chi connectivity index (χ4v) is 1.95. The Hall–Kier alpha value is -1.25. The van der Waals surface area contributed by atoms with Gasteiger partial charge in [0.1, 0.15) is 5.06 Å². The van der Waals surface area contributed by atoms with Crippen molar-refractivity contribution in [1.82, 2.24) is 0 Å². The Balaban J connectivity index is 2.36. The Bertz CT molecular complexity index is 439. The Morgan fingerprint density at radius 1 is 0.833 bits per heavy atom. The lowest BCUT2D eigenvalue weighted by atomic mass is 9.55. The van der Waals surface area contributed by atoms with Gasteiger partial charge in [-0.05, 0) is 24.8 Å². The summed E-state index contributed by atoms with van der Waals surface area (Å²) in [4.78, 5) is 0. The minimum Gasteiger partial charge on any atom is -0.409 e. The van der Waals surface area contributed by atoms with Crippen LogP contribution in [0.1, 0.15) is 13.8 Å². The minimum absolute atomic E-state index is 0.139. The van der Waals surface area contributed by atoms with E-state index in [-0.39, 0.29) is 6.92 Å². The van der Waals surface area contributed by atoms with Gasteiger partial charge in [0.2, 0.25) is 0 Å². The number of halogens is 1. The van der Waals surface area contributed by atoms with E-state index in [1.54, 1.807) is 0 Å². The normalized spacial score (nSPS) is 11.3. The summed E-state index contributed by atoms with van der Waals surface area (Å²) in [5.74, 6) is 0. The molecular weight excluding hydrogens is 242 g/mol. The molecular formula is C15H16BClO. The number of rotatable bonds is 4. The highest BCUT2D eigenvalue weighted by Gasteiger charge is 2.27. The Kier molecular flexibility index (Phi) is 4.10. The molecule has 3 heteroatoms. The zero-order chi connectivity index (χ0) is 13.0. The van der Waals surface area contributed by atoms with E-state index in [0.717, 1.165) is 10.9 Å². The maximum absolute atomic E-state index is 6.21. The molecule has 0 aliphatic carbocycles. The summed E-state index contributed by atoms with van der Waals surface area (Å²) < 4.78 is 5.98. The van der Waals surface area contributed by atoms with Crippen LogP contribution in [0.15, 0.2) is 60.7 Å². The maximum atomic E-state index is 6.21. The summed E-state index contributed by atoms with van der Waals surface area (Å²) in [6, 6.07) is 20.3. The van der Waals surface area contributed by atoms with Crippen molar-refractivity contribution in [2.24, 2.45) is 0 Å². The molecule has 1 nitrogen and oxygen atoms in total. The second-order valence-electron chi connectivity index (χ2n) is 4.68. The van der Waals surface area contributed by atoms with Crippen LogP contribution in [0.5, 0.6) is 0 Å². The molecule has 0 bridgehead atoms. The molecule has 0 aliphatic heterocycles. The van der Waals surface area contributed by atoms with Crippen LogP contribution < -0.4 is 10.9 Å². The average Bonchev–Trinajstić information content (AvgIpc) is 2.37. The zero-order valence-corrected chi connectivity index (χ0v) is 11.4. The van der Waals surface area contributed by atoms with Crippen molar-refractivity contribution in [2.45, 2.75) is 18.9 Å². The van der Waals surface area contributed by atoms with Crippen LogP contribution in [0.2, 0.25) is 0 Å². The van der Waals surface area contributed by atoms with Gasteiger partial charge in [0.15, 0.2) is 0 Å². The third-order valence-corrected chi connectivity index (χ3v) is 2.69. The molecule has 0 N–H and O–H groups in total. The van der Waals surface area contributed by atoms with E-state index >= 15 is 0 Å². The summed E-state index contributed by atoms with van der Waals surface area (Å²) in [5, 5.41) is -0.698. The molecule has 0 aliphatic rings. The van der Waals surface area contributed by atoms with Gasteiger partial charge in [-0.25, -0.2) is 0 Å². The van der Waals surface area contributed by atoms with Gasteiger partial charge in [-0.3, -0.25) is 0 Å². The highest BCUT2D eigenvalue weighted by molar-refractivity contribution is 6.80. The van der Waals surface area contributed by atoms with Crippen LogP contribution in [0, 0.1) is 0 Å². The topological polar surface area (TPSA) is 9.23 Å². The molecule has 0 unspecified atom stereocenters. The number of alkyl halides is 1. The molecule has 0 saturated heterocycles. The molecule has 0 spiro atoms. The smallest absolute Gasteiger partial charge is 0.362 e. The molecule has 2 aromatic carbocycles. The summed E-state index contributed by atoms with van der Waals surface area (Å²) >= 11 is 6.21. The van der Waals surface area contributed by atoms with Crippen LogP contribution in [0.3, 0.4) is 0 Å². The van der Waals surface area contributed by atoms with Crippen LogP contribution in [-0.2, 0) is 4.65 Å². The lowest BCUT2D eigenvalue weighted by molar-refractivity contribution is 0.207. The Labute approximate surface area is 114 Å². The predicted molar refractivity (Wildman–Crippen MR) is 78.9 cm³/mol. The predicted octanol–water partition coefficient (Wildman–Crippen LogP) is 2.78. The lowest BCUT2D eigenvalue weighted by Gasteiger charge is -2.24. The Morgan fingerprint density at radius 2 is 1.22 bits per heavy atom. The van der Waals surface area contributed by atoms with Crippen molar-refractivity contribution in [1.29, 1.82) is 0 Å². The van der Waals surface area contributed by atoms with Crippen molar-refractivity contribution in [2.75, 3.05) is 0 Å². The summed E-state index contributed by atoms with van der Waals surface area (Å²) in [6.45, 7) is 3.57. The van der Waals surface area contributed by atoms with Crippen LogP contribution in [0.4, 0.5) is 0 Å². The largest absolute Gasteiger partial charge is 0.409 e. The summed E-state index contributed by atoms with van der Waals surface area (Å²) in [5.41, 5.74) is 2.22. The number of benzene rings is 2. The average molecular weight is 259 g/mol. The SMILES string of the molecule is CC(C)(Cl)OB(c1ccccc1)c1ccccc1. The molecule has 0 atom stereocenters. The third-order valence-electron chi connectivity index (χ3n) is 2.60. The van der Waals surface area contributed by atoms with Crippen molar-refractivity contribution in [3.05, 3.63) is 60.7 Å². The minimum atomic E-state index is -0.698.